The standard InChI is InChI=1S/C13H21NO2/c1-3-14(9-6-10-15)11-12-7-4-5-8-13(12)16-2/h4-5,7-8,15H,3,6,9-11H2,1-2H3. The molecule has 1 N–H and O–H groups in total. The molecule has 0 unspecified atom stereocenters. The van der Waals surface area contributed by atoms with Crippen molar-refractivity contribution in [3.63, 3.8) is 0 Å². The van der Waals surface area contributed by atoms with E-state index in [2.05, 4.69) is 17.9 Å². The van der Waals surface area contributed by atoms with Crippen LogP contribution in [0.1, 0.15) is 18.9 Å². The van der Waals surface area contributed by atoms with Crippen molar-refractivity contribution < 1.29 is 9.84 Å². The summed E-state index contributed by atoms with van der Waals surface area (Å²) in [6.07, 6.45) is 0.822. The highest BCUT2D eigenvalue weighted by atomic mass is 16.5. The highest BCUT2D eigenvalue weighted by Crippen LogP contribution is 2.19. The summed E-state index contributed by atoms with van der Waals surface area (Å²) in [6, 6.07) is 8.07. The Kier molecular flexibility index (Phi) is 5.90. The van der Waals surface area contributed by atoms with Gasteiger partial charge in [0.25, 0.3) is 0 Å². The van der Waals surface area contributed by atoms with Crippen LogP contribution in [-0.2, 0) is 6.54 Å². The number of nitrogens with zero attached hydrogens (tertiary/aromatic N) is 1. The number of hydrogen-bond donors (Lipinski definition) is 1. The number of aliphatic hydroxyl groups excluding tert-OH is 1. The lowest BCUT2D eigenvalue weighted by Gasteiger charge is -2.21. The molecule has 0 saturated carbocycles. The average Bonchev–Trinajstić information content (AvgIpc) is 2.34. The van der Waals surface area contributed by atoms with Crippen LogP contribution < -0.4 is 4.74 Å². The maximum Gasteiger partial charge on any atom is 0.123 e. The Morgan fingerprint density at radius 3 is 2.69 bits per heavy atom. The van der Waals surface area contributed by atoms with Crippen molar-refractivity contribution in [2.75, 3.05) is 26.8 Å². The van der Waals surface area contributed by atoms with Crippen LogP contribution in [-0.4, -0.2) is 36.8 Å². The molecule has 0 aliphatic rings. The minimum absolute atomic E-state index is 0.252. The molecular formula is C13H21NO2. The minimum atomic E-state index is 0.252. The molecule has 3 nitrogen and oxygen atoms in total. The third-order valence-electron chi connectivity index (χ3n) is 2.67. The number of methoxy groups -OCH3 is 1. The molecule has 0 aliphatic carbocycles. The van der Waals surface area contributed by atoms with Gasteiger partial charge in [-0.15, -0.1) is 0 Å². The smallest absolute Gasteiger partial charge is 0.123 e. The van der Waals surface area contributed by atoms with E-state index in [0.29, 0.717) is 0 Å². The number of rotatable bonds is 7. The lowest BCUT2D eigenvalue weighted by molar-refractivity contribution is 0.223. The topological polar surface area (TPSA) is 32.7 Å². The molecule has 0 fully saturated rings. The van der Waals surface area contributed by atoms with E-state index in [1.807, 2.05) is 18.2 Å². The van der Waals surface area contributed by atoms with Gasteiger partial charge in [-0.05, 0) is 19.0 Å². The molecule has 1 rings (SSSR count). The van der Waals surface area contributed by atoms with Gasteiger partial charge in [-0.25, -0.2) is 0 Å². The second-order valence-corrected chi connectivity index (χ2v) is 3.76. The van der Waals surface area contributed by atoms with Crippen molar-refractivity contribution in [1.29, 1.82) is 0 Å². The van der Waals surface area contributed by atoms with Gasteiger partial charge in [0.15, 0.2) is 0 Å². The van der Waals surface area contributed by atoms with Gasteiger partial charge in [-0.3, -0.25) is 4.90 Å². The Morgan fingerprint density at radius 2 is 2.06 bits per heavy atom. The van der Waals surface area contributed by atoms with Crippen LogP contribution in [0.15, 0.2) is 24.3 Å². The Labute approximate surface area is 97.7 Å². The zero-order valence-electron chi connectivity index (χ0n) is 10.1. The Balaban J connectivity index is 2.62. The molecule has 0 amide bonds. The normalized spacial score (nSPS) is 10.8. The van der Waals surface area contributed by atoms with Crippen LogP contribution in [0.4, 0.5) is 0 Å². The molecule has 90 valence electrons. The summed E-state index contributed by atoms with van der Waals surface area (Å²) in [7, 11) is 1.70. The van der Waals surface area contributed by atoms with Crippen molar-refractivity contribution in [3.05, 3.63) is 29.8 Å². The van der Waals surface area contributed by atoms with E-state index >= 15 is 0 Å². The monoisotopic (exact) mass is 223 g/mol. The fourth-order valence-electron chi connectivity index (χ4n) is 1.72. The molecule has 0 atom stereocenters. The minimum Gasteiger partial charge on any atom is -0.496 e. The first-order chi connectivity index (χ1) is 7.81. The molecular weight excluding hydrogens is 202 g/mol. The van der Waals surface area contributed by atoms with E-state index in [1.165, 1.54) is 5.56 Å². The first-order valence-corrected chi connectivity index (χ1v) is 5.77. The lowest BCUT2D eigenvalue weighted by atomic mass is 10.2. The molecule has 0 bridgehead atoms. The molecule has 16 heavy (non-hydrogen) atoms. The molecule has 3 heteroatoms. The molecule has 0 radical (unpaired) electrons. The lowest BCUT2D eigenvalue weighted by Crippen LogP contribution is -2.24. The third kappa shape index (κ3) is 3.83. The van der Waals surface area contributed by atoms with E-state index in [9.17, 15) is 0 Å². The van der Waals surface area contributed by atoms with Gasteiger partial charge >= 0.3 is 0 Å². The van der Waals surface area contributed by atoms with Gasteiger partial charge < -0.3 is 9.84 Å². The van der Waals surface area contributed by atoms with Gasteiger partial charge in [0.2, 0.25) is 0 Å². The SMILES string of the molecule is CCN(CCCO)Cc1ccccc1OC. The van der Waals surface area contributed by atoms with Crippen LogP contribution in [0, 0.1) is 0 Å². The van der Waals surface area contributed by atoms with Crippen molar-refractivity contribution in [2.24, 2.45) is 0 Å². The van der Waals surface area contributed by atoms with Gasteiger partial charge in [0, 0.05) is 25.3 Å². The highest BCUT2D eigenvalue weighted by molar-refractivity contribution is 5.33. The van der Waals surface area contributed by atoms with Crippen LogP contribution in [0.5, 0.6) is 5.75 Å². The highest BCUT2D eigenvalue weighted by Gasteiger charge is 2.07. The van der Waals surface area contributed by atoms with Gasteiger partial charge in [-0.1, -0.05) is 25.1 Å². The second-order valence-electron chi connectivity index (χ2n) is 3.76. The van der Waals surface area contributed by atoms with Crippen molar-refractivity contribution in [1.82, 2.24) is 4.90 Å². The van der Waals surface area contributed by atoms with E-state index in [-0.39, 0.29) is 6.61 Å². The van der Waals surface area contributed by atoms with Gasteiger partial charge in [-0.2, -0.15) is 0 Å². The van der Waals surface area contributed by atoms with Crippen LogP contribution in [0.25, 0.3) is 0 Å². The van der Waals surface area contributed by atoms with Gasteiger partial charge in [0.1, 0.15) is 5.75 Å². The van der Waals surface area contributed by atoms with E-state index in [1.54, 1.807) is 7.11 Å². The number of para-hydroxylation sites is 1. The zero-order valence-corrected chi connectivity index (χ0v) is 10.1. The Morgan fingerprint density at radius 1 is 1.31 bits per heavy atom. The summed E-state index contributed by atoms with van der Waals surface area (Å²) in [6.45, 7) is 5.17. The van der Waals surface area contributed by atoms with Crippen molar-refractivity contribution in [2.45, 2.75) is 19.9 Å². The molecule has 0 aliphatic heterocycles. The molecule has 1 aromatic rings. The van der Waals surface area contributed by atoms with Crippen LogP contribution in [0.3, 0.4) is 0 Å². The van der Waals surface area contributed by atoms with Crippen LogP contribution >= 0.6 is 0 Å². The van der Waals surface area contributed by atoms with E-state index in [4.69, 9.17) is 9.84 Å². The molecule has 0 spiro atoms. The molecule has 0 saturated heterocycles. The predicted octanol–water partition coefficient (Wildman–Crippen LogP) is 1.90. The fraction of sp³-hybridized carbons (Fsp3) is 0.538. The number of hydrogen-bond acceptors (Lipinski definition) is 3. The van der Waals surface area contributed by atoms with Crippen molar-refractivity contribution in [3.8, 4) is 5.75 Å². The average molecular weight is 223 g/mol. The predicted molar refractivity (Wildman–Crippen MR) is 65.6 cm³/mol. The van der Waals surface area contributed by atoms with E-state index < -0.39 is 0 Å². The van der Waals surface area contributed by atoms with Gasteiger partial charge in [0.05, 0.1) is 7.11 Å². The summed E-state index contributed by atoms with van der Waals surface area (Å²) < 4.78 is 5.32. The van der Waals surface area contributed by atoms with Crippen molar-refractivity contribution >= 4 is 0 Å². The first kappa shape index (κ1) is 13.0. The summed E-state index contributed by atoms with van der Waals surface area (Å²) >= 11 is 0. The third-order valence-corrected chi connectivity index (χ3v) is 2.67. The summed E-state index contributed by atoms with van der Waals surface area (Å²) in [5, 5.41) is 8.83. The molecule has 0 heterocycles. The summed E-state index contributed by atoms with van der Waals surface area (Å²) in [5.41, 5.74) is 1.20. The summed E-state index contributed by atoms with van der Waals surface area (Å²) in [4.78, 5) is 2.30. The number of aliphatic hydroxyl groups is 1. The first-order valence-electron chi connectivity index (χ1n) is 5.77. The molecule has 1 aromatic carbocycles. The van der Waals surface area contributed by atoms with E-state index in [0.717, 1.165) is 31.8 Å². The zero-order chi connectivity index (χ0) is 11.8. The number of ether oxygens (including phenoxy) is 1. The quantitative estimate of drug-likeness (QED) is 0.766. The Hall–Kier alpha value is -1.06. The number of benzene rings is 1. The fourth-order valence-corrected chi connectivity index (χ4v) is 1.72. The molecule has 0 aromatic heterocycles. The maximum absolute atomic E-state index is 8.83. The maximum atomic E-state index is 8.83. The van der Waals surface area contributed by atoms with Crippen LogP contribution in [0.2, 0.25) is 0 Å². The Bertz CT molecular complexity index is 302. The summed E-state index contributed by atoms with van der Waals surface area (Å²) in [5.74, 6) is 0.935. The second kappa shape index (κ2) is 7.25. The largest absolute Gasteiger partial charge is 0.496 e.